The van der Waals surface area contributed by atoms with Gasteiger partial charge >= 0.3 is 0 Å². The number of nitrogens with one attached hydrogen (secondary N) is 2. The lowest BCUT2D eigenvalue weighted by Gasteiger charge is -2.29. The summed E-state index contributed by atoms with van der Waals surface area (Å²) in [6.07, 6.45) is 1.48. The number of aromatic nitrogens is 3. The van der Waals surface area contributed by atoms with Crippen LogP contribution in [0.2, 0.25) is 0 Å². The number of hydrogen-bond acceptors (Lipinski definition) is 6. The molecule has 3 aromatic carbocycles. The molecule has 0 saturated heterocycles. The second-order valence-electron chi connectivity index (χ2n) is 8.82. The van der Waals surface area contributed by atoms with Crippen molar-refractivity contribution in [3.05, 3.63) is 107 Å². The third kappa shape index (κ3) is 5.18. The van der Waals surface area contributed by atoms with Crippen LogP contribution in [0, 0.1) is 6.92 Å². The van der Waals surface area contributed by atoms with Gasteiger partial charge in [-0.15, -0.1) is 0 Å². The molecular weight excluding hydrogens is 466 g/mol. The monoisotopic (exact) mass is 495 g/mol. The molecule has 1 aliphatic rings. The number of hydrogen-bond donors (Lipinski definition) is 2. The second-order valence-corrected chi connectivity index (χ2v) is 8.82. The topological polar surface area (TPSA) is 90.3 Å². The second kappa shape index (κ2) is 10.6. The van der Waals surface area contributed by atoms with Crippen LogP contribution in [0.3, 0.4) is 0 Å². The zero-order valence-electron chi connectivity index (χ0n) is 21.1. The van der Waals surface area contributed by atoms with Gasteiger partial charge in [-0.05, 0) is 56.2 Å². The molecule has 0 saturated carbocycles. The Hall–Kier alpha value is -4.59. The molecule has 2 N–H and O–H groups in total. The van der Waals surface area contributed by atoms with Gasteiger partial charge in [-0.1, -0.05) is 54.1 Å². The van der Waals surface area contributed by atoms with Gasteiger partial charge in [0.15, 0.2) is 0 Å². The summed E-state index contributed by atoms with van der Waals surface area (Å²) in [5, 5.41) is 10.7. The molecule has 1 atom stereocenters. The minimum atomic E-state index is -0.499. The van der Waals surface area contributed by atoms with Gasteiger partial charge in [0.05, 0.1) is 17.9 Å². The Morgan fingerprint density at radius 1 is 1.03 bits per heavy atom. The van der Waals surface area contributed by atoms with Crippen LogP contribution >= 0.6 is 0 Å². The molecule has 1 aliphatic heterocycles. The first-order chi connectivity index (χ1) is 18.0. The summed E-state index contributed by atoms with van der Waals surface area (Å²) in [6.45, 7) is 6.78. The van der Waals surface area contributed by atoms with Crippen LogP contribution in [0.15, 0.2) is 90.4 Å². The summed E-state index contributed by atoms with van der Waals surface area (Å²) in [6, 6.07) is 22.9. The third-order valence-corrected chi connectivity index (χ3v) is 6.17. The first-order valence-electron chi connectivity index (χ1n) is 12.2. The number of benzene rings is 3. The maximum Gasteiger partial charge on any atom is 0.255 e. The van der Waals surface area contributed by atoms with E-state index in [9.17, 15) is 4.79 Å². The molecule has 0 radical (unpaired) electrons. The SMILES string of the molecule is CCOc1ccccc1NC(=O)C1=C(C)Nc2ncnn2C1c1cccc(OCc2ccc(C)cc2)c1. The number of allylic oxidation sites excluding steroid dienone is 1. The highest BCUT2D eigenvalue weighted by Gasteiger charge is 2.34. The van der Waals surface area contributed by atoms with Gasteiger partial charge in [-0.25, -0.2) is 4.68 Å². The minimum Gasteiger partial charge on any atom is -0.492 e. The molecule has 4 aromatic rings. The number of para-hydroxylation sites is 2. The van der Waals surface area contributed by atoms with E-state index >= 15 is 0 Å². The fraction of sp³-hybridized carbons (Fsp3) is 0.207. The van der Waals surface area contributed by atoms with E-state index in [0.29, 0.717) is 47.6 Å². The van der Waals surface area contributed by atoms with Crippen molar-refractivity contribution >= 4 is 17.5 Å². The van der Waals surface area contributed by atoms with E-state index in [2.05, 4.69) is 51.9 Å². The summed E-state index contributed by atoms with van der Waals surface area (Å²) < 4.78 is 13.5. The number of anilines is 2. The van der Waals surface area contributed by atoms with Crippen LogP contribution in [-0.2, 0) is 11.4 Å². The number of fused-ring (bicyclic) bond motifs is 1. The zero-order chi connectivity index (χ0) is 25.8. The molecule has 0 bridgehead atoms. The Labute approximate surface area is 216 Å². The first kappa shape index (κ1) is 24.1. The molecule has 37 heavy (non-hydrogen) atoms. The molecule has 0 fully saturated rings. The van der Waals surface area contributed by atoms with Gasteiger partial charge in [0.1, 0.15) is 30.5 Å². The van der Waals surface area contributed by atoms with Crippen molar-refractivity contribution in [3.8, 4) is 11.5 Å². The fourth-order valence-corrected chi connectivity index (χ4v) is 4.36. The summed E-state index contributed by atoms with van der Waals surface area (Å²) in [4.78, 5) is 18.0. The lowest BCUT2D eigenvalue weighted by atomic mass is 9.94. The molecule has 0 aliphatic carbocycles. The third-order valence-electron chi connectivity index (χ3n) is 6.17. The molecule has 5 rings (SSSR count). The number of rotatable bonds is 8. The number of ether oxygens (including phenoxy) is 2. The van der Waals surface area contributed by atoms with Gasteiger partial charge < -0.3 is 20.1 Å². The average Bonchev–Trinajstić information content (AvgIpc) is 3.37. The predicted octanol–water partition coefficient (Wildman–Crippen LogP) is 5.49. The van der Waals surface area contributed by atoms with Crippen molar-refractivity contribution in [1.82, 2.24) is 14.8 Å². The maximum atomic E-state index is 13.7. The lowest BCUT2D eigenvalue weighted by molar-refractivity contribution is -0.113. The molecule has 1 unspecified atom stereocenters. The summed E-state index contributed by atoms with van der Waals surface area (Å²) >= 11 is 0. The first-order valence-corrected chi connectivity index (χ1v) is 12.2. The van der Waals surface area contributed by atoms with E-state index in [-0.39, 0.29) is 5.91 Å². The number of carbonyl (C=O) groups is 1. The predicted molar refractivity (Wildman–Crippen MR) is 143 cm³/mol. The number of amides is 1. The smallest absolute Gasteiger partial charge is 0.255 e. The van der Waals surface area contributed by atoms with Crippen LogP contribution in [0.1, 0.15) is 36.6 Å². The summed E-state index contributed by atoms with van der Waals surface area (Å²) in [5.74, 6) is 1.64. The Morgan fingerprint density at radius 3 is 2.65 bits per heavy atom. The van der Waals surface area contributed by atoms with Gasteiger partial charge in [-0.3, -0.25) is 4.79 Å². The van der Waals surface area contributed by atoms with Crippen molar-refractivity contribution in [2.24, 2.45) is 0 Å². The Balaban J connectivity index is 1.45. The lowest BCUT2D eigenvalue weighted by Crippen LogP contribution is -2.31. The van der Waals surface area contributed by atoms with Gasteiger partial charge in [0.2, 0.25) is 5.95 Å². The molecule has 188 valence electrons. The number of carbonyl (C=O) groups excluding carboxylic acids is 1. The molecule has 1 amide bonds. The van der Waals surface area contributed by atoms with E-state index in [1.807, 2.05) is 62.4 Å². The normalized spacial score (nSPS) is 14.5. The van der Waals surface area contributed by atoms with Gasteiger partial charge in [0.25, 0.3) is 5.91 Å². The average molecular weight is 496 g/mol. The van der Waals surface area contributed by atoms with Crippen LogP contribution in [0.25, 0.3) is 0 Å². The highest BCUT2D eigenvalue weighted by molar-refractivity contribution is 6.06. The van der Waals surface area contributed by atoms with Crippen LogP contribution in [-0.4, -0.2) is 27.3 Å². The van der Waals surface area contributed by atoms with E-state index in [4.69, 9.17) is 9.47 Å². The van der Waals surface area contributed by atoms with Crippen LogP contribution in [0.4, 0.5) is 11.6 Å². The van der Waals surface area contributed by atoms with Crippen molar-refractivity contribution in [2.75, 3.05) is 17.2 Å². The van der Waals surface area contributed by atoms with Gasteiger partial charge in [-0.2, -0.15) is 10.1 Å². The Kier molecular flexibility index (Phi) is 6.89. The standard InChI is InChI=1S/C29H29N5O3/c1-4-36-25-11-6-5-10-24(25)33-28(35)26-20(3)32-29-30-18-31-34(29)27(26)22-8-7-9-23(16-22)37-17-21-14-12-19(2)13-15-21/h5-16,18,27H,4,17H2,1-3H3,(H,33,35)(H,30,31,32). The minimum absolute atomic E-state index is 0.255. The van der Waals surface area contributed by atoms with E-state index in [1.54, 1.807) is 4.68 Å². The molecule has 8 nitrogen and oxygen atoms in total. The largest absolute Gasteiger partial charge is 0.492 e. The van der Waals surface area contributed by atoms with Crippen molar-refractivity contribution in [1.29, 1.82) is 0 Å². The van der Waals surface area contributed by atoms with Gasteiger partial charge in [0, 0.05) is 5.70 Å². The molecule has 2 heterocycles. The fourth-order valence-electron chi connectivity index (χ4n) is 4.36. The summed E-state index contributed by atoms with van der Waals surface area (Å²) in [7, 11) is 0. The maximum absolute atomic E-state index is 13.7. The van der Waals surface area contributed by atoms with Crippen LogP contribution < -0.4 is 20.1 Å². The van der Waals surface area contributed by atoms with Crippen molar-refractivity contribution in [3.63, 3.8) is 0 Å². The molecule has 8 heteroatoms. The number of aryl methyl sites for hydroxylation is 1. The molecule has 0 spiro atoms. The van der Waals surface area contributed by atoms with E-state index < -0.39 is 6.04 Å². The highest BCUT2D eigenvalue weighted by Crippen LogP contribution is 2.37. The van der Waals surface area contributed by atoms with Crippen molar-refractivity contribution in [2.45, 2.75) is 33.4 Å². The quantitative estimate of drug-likeness (QED) is 0.336. The molecular formula is C29H29N5O3. The number of nitrogens with zero attached hydrogens (tertiary/aromatic N) is 3. The Bertz CT molecular complexity index is 1440. The summed E-state index contributed by atoms with van der Waals surface area (Å²) in [5.41, 5.74) is 4.98. The zero-order valence-corrected chi connectivity index (χ0v) is 21.1. The van der Waals surface area contributed by atoms with E-state index in [1.165, 1.54) is 11.9 Å². The van der Waals surface area contributed by atoms with E-state index in [0.717, 1.165) is 11.1 Å². The molecule has 1 aromatic heterocycles. The van der Waals surface area contributed by atoms with Crippen molar-refractivity contribution < 1.29 is 14.3 Å². The highest BCUT2D eigenvalue weighted by atomic mass is 16.5. The van der Waals surface area contributed by atoms with Crippen LogP contribution in [0.5, 0.6) is 11.5 Å². The Morgan fingerprint density at radius 2 is 1.84 bits per heavy atom.